The maximum Gasteiger partial charge on any atom is 0.418 e. The molecule has 0 aliphatic heterocycles. The van der Waals surface area contributed by atoms with E-state index in [1.165, 1.54) is 6.07 Å². The molecular formula is C15H18F3NO. The molecule has 0 saturated heterocycles. The van der Waals surface area contributed by atoms with E-state index in [-0.39, 0.29) is 11.6 Å². The van der Waals surface area contributed by atoms with Crippen molar-refractivity contribution in [3.8, 4) is 0 Å². The van der Waals surface area contributed by atoms with Gasteiger partial charge in [-0.05, 0) is 39.8 Å². The number of rotatable bonds is 2. The molecule has 0 aliphatic rings. The van der Waals surface area contributed by atoms with Crippen molar-refractivity contribution < 1.29 is 18.3 Å². The van der Waals surface area contributed by atoms with Crippen molar-refractivity contribution in [2.45, 2.75) is 45.5 Å². The maximum atomic E-state index is 13.2. The Balaban J connectivity index is 2.92. The fourth-order valence-corrected chi connectivity index (χ4v) is 2.52. The van der Waals surface area contributed by atoms with Crippen LogP contribution >= 0.6 is 0 Å². The van der Waals surface area contributed by atoms with Crippen LogP contribution in [0.25, 0.3) is 10.9 Å². The smallest absolute Gasteiger partial charge is 0.384 e. The second-order valence-electron chi connectivity index (χ2n) is 5.79. The summed E-state index contributed by atoms with van der Waals surface area (Å²) < 4.78 is 41.1. The molecule has 0 amide bonds. The minimum absolute atomic E-state index is 0.132. The second kappa shape index (κ2) is 4.52. The molecule has 0 fully saturated rings. The van der Waals surface area contributed by atoms with Crippen LogP contribution in [0.15, 0.2) is 24.3 Å². The number of aromatic nitrogens is 1. The first-order chi connectivity index (χ1) is 9.03. The van der Waals surface area contributed by atoms with E-state index in [1.807, 2.05) is 13.8 Å². The van der Waals surface area contributed by atoms with Gasteiger partial charge in [-0.2, -0.15) is 13.2 Å². The van der Waals surface area contributed by atoms with Crippen LogP contribution in [0.5, 0.6) is 0 Å². The second-order valence-corrected chi connectivity index (χ2v) is 5.79. The Hall–Kier alpha value is -1.49. The van der Waals surface area contributed by atoms with Crippen LogP contribution in [0.3, 0.4) is 0 Å². The monoisotopic (exact) mass is 285 g/mol. The van der Waals surface area contributed by atoms with Gasteiger partial charge in [0, 0.05) is 11.4 Å². The van der Waals surface area contributed by atoms with Crippen LogP contribution in [0.2, 0.25) is 0 Å². The third kappa shape index (κ3) is 2.42. The predicted molar refractivity (Wildman–Crippen MR) is 72.6 cm³/mol. The summed E-state index contributed by atoms with van der Waals surface area (Å²) in [5.74, 6) is 0. The normalized spacial score (nSPS) is 13.4. The van der Waals surface area contributed by atoms with Gasteiger partial charge in [-0.25, -0.2) is 0 Å². The molecule has 0 aliphatic carbocycles. The summed E-state index contributed by atoms with van der Waals surface area (Å²) in [4.78, 5) is 0. The Kier molecular flexibility index (Phi) is 3.37. The number of benzene rings is 1. The van der Waals surface area contributed by atoms with E-state index in [9.17, 15) is 18.3 Å². The van der Waals surface area contributed by atoms with E-state index in [0.717, 1.165) is 6.07 Å². The fraction of sp³-hybridized carbons (Fsp3) is 0.467. The average Bonchev–Trinajstić information content (AvgIpc) is 2.65. The molecule has 20 heavy (non-hydrogen) atoms. The molecule has 110 valence electrons. The SMILES string of the molecule is CC(C)n1c(C(C)(C)O)cc2cccc(C(F)(F)F)c21. The quantitative estimate of drug-likeness (QED) is 0.865. The highest BCUT2D eigenvalue weighted by molar-refractivity contribution is 5.85. The largest absolute Gasteiger partial charge is 0.418 e. The average molecular weight is 285 g/mol. The molecule has 0 bridgehead atoms. The van der Waals surface area contributed by atoms with E-state index in [0.29, 0.717) is 11.1 Å². The molecule has 5 heteroatoms. The van der Waals surface area contributed by atoms with Crippen molar-refractivity contribution in [1.29, 1.82) is 0 Å². The molecule has 1 aromatic heterocycles. The lowest BCUT2D eigenvalue weighted by molar-refractivity contribution is -0.136. The van der Waals surface area contributed by atoms with Gasteiger partial charge in [0.15, 0.2) is 0 Å². The fourth-order valence-electron chi connectivity index (χ4n) is 2.52. The third-order valence-corrected chi connectivity index (χ3v) is 3.31. The first-order valence-electron chi connectivity index (χ1n) is 6.47. The molecular weight excluding hydrogens is 267 g/mol. The zero-order valence-electron chi connectivity index (χ0n) is 11.9. The molecule has 0 unspecified atom stereocenters. The van der Waals surface area contributed by atoms with E-state index in [1.54, 1.807) is 30.5 Å². The van der Waals surface area contributed by atoms with Crippen molar-refractivity contribution in [2.24, 2.45) is 0 Å². The van der Waals surface area contributed by atoms with Gasteiger partial charge >= 0.3 is 6.18 Å². The summed E-state index contributed by atoms with van der Waals surface area (Å²) in [7, 11) is 0. The van der Waals surface area contributed by atoms with Crippen LogP contribution < -0.4 is 0 Å². The van der Waals surface area contributed by atoms with Gasteiger partial charge in [-0.15, -0.1) is 0 Å². The van der Waals surface area contributed by atoms with Crippen LogP contribution in [0.1, 0.15) is 45.0 Å². The van der Waals surface area contributed by atoms with Crippen LogP contribution in [0.4, 0.5) is 13.2 Å². The minimum Gasteiger partial charge on any atom is -0.384 e. The molecule has 2 aromatic rings. The van der Waals surface area contributed by atoms with Gasteiger partial charge < -0.3 is 9.67 Å². The first-order valence-corrected chi connectivity index (χ1v) is 6.47. The summed E-state index contributed by atoms with van der Waals surface area (Å²) in [6, 6.07) is 5.56. The molecule has 1 aromatic carbocycles. The molecule has 1 N–H and O–H groups in total. The number of hydrogen-bond acceptors (Lipinski definition) is 1. The van der Waals surface area contributed by atoms with Crippen molar-refractivity contribution in [2.75, 3.05) is 0 Å². The number of alkyl halides is 3. The molecule has 0 saturated carbocycles. The van der Waals surface area contributed by atoms with Crippen molar-refractivity contribution in [3.05, 3.63) is 35.5 Å². The van der Waals surface area contributed by atoms with E-state index in [4.69, 9.17) is 0 Å². The molecule has 2 nitrogen and oxygen atoms in total. The number of aliphatic hydroxyl groups is 1. The highest BCUT2D eigenvalue weighted by Crippen LogP contribution is 2.39. The number of fused-ring (bicyclic) bond motifs is 1. The van der Waals surface area contributed by atoms with E-state index >= 15 is 0 Å². The van der Waals surface area contributed by atoms with Crippen LogP contribution in [-0.2, 0) is 11.8 Å². The van der Waals surface area contributed by atoms with Crippen molar-refractivity contribution in [3.63, 3.8) is 0 Å². The van der Waals surface area contributed by atoms with E-state index in [2.05, 4.69) is 0 Å². The summed E-state index contributed by atoms with van der Waals surface area (Å²) in [5, 5.41) is 10.7. The van der Waals surface area contributed by atoms with Gasteiger partial charge in [0.1, 0.15) is 0 Å². The van der Waals surface area contributed by atoms with Gasteiger partial charge in [-0.1, -0.05) is 12.1 Å². The molecule has 1 heterocycles. The number of nitrogens with zero attached hydrogens (tertiary/aromatic N) is 1. The zero-order chi connectivity index (χ0) is 15.3. The molecule has 0 spiro atoms. The van der Waals surface area contributed by atoms with Crippen molar-refractivity contribution >= 4 is 10.9 Å². The third-order valence-electron chi connectivity index (χ3n) is 3.31. The zero-order valence-corrected chi connectivity index (χ0v) is 11.9. The van der Waals surface area contributed by atoms with Crippen LogP contribution in [-0.4, -0.2) is 9.67 Å². The number of hydrogen-bond donors (Lipinski definition) is 1. The van der Waals surface area contributed by atoms with Gasteiger partial charge in [-0.3, -0.25) is 0 Å². The topological polar surface area (TPSA) is 25.2 Å². The summed E-state index contributed by atoms with van der Waals surface area (Å²) >= 11 is 0. The lowest BCUT2D eigenvalue weighted by atomic mass is 10.1. The maximum absolute atomic E-state index is 13.2. The van der Waals surface area contributed by atoms with Crippen molar-refractivity contribution in [1.82, 2.24) is 4.57 Å². The Morgan fingerprint density at radius 3 is 2.20 bits per heavy atom. The lowest BCUT2D eigenvalue weighted by Gasteiger charge is -2.24. The summed E-state index contributed by atoms with van der Waals surface area (Å²) in [6.07, 6.45) is -4.42. The summed E-state index contributed by atoms with van der Waals surface area (Å²) in [5.41, 5.74) is -1.25. The van der Waals surface area contributed by atoms with Crippen LogP contribution in [0, 0.1) is 0 Å². The van der Waals surface area contributed by atoms with Gasteiger partial charge in [0.2, 0.25) is 0 Å². The lowest BCUT2D eigenvalue weighted by Crippen LogP contribution is -2.22. The Labute approximate surface area is 115 Å². The molecule has 2 rings (SSSR count). The van der Waals surface area contributed by atoms with E-state index < -0.39 is 17.3 Å². The number of halogens is 3. The van der Waals surface area contributed by atoms with Gasteiger partial charge in [0.25, 0.3) is 0 Å². The standard InChI is InChI=1S/C15H18F3NO/c1-9(2)19-12(14(3,4)20)8-10-6-5-7-11(13(10)19)15(16,17)18/h5-9,20H,1-4H3. The first kappa shape index (κ1) is 14.9. The highest BCUT2D eigenvalue weighted by atomic mass is 19.4. The molecule has 0 atom stereocenters. The number of para-hydroxylation sites is 1. The minimum atomic E-state index is -4.42. The highest BCUT2D eigenvalue weighted by Gasteiger charge is 2.35. The Morgan fingerprint density at radius 1 is 1.15 bits per heavy atom. The summed E-state index contributed by atoms with van der Waals surface area (Å²) in [6.45, 7) is 6.77. The predicted octanol–water partition coefficient (Wildman–Crippen LogP) is 4.47. The Morgan fingerprint density at radius 2 is 1.75 bits per heavy atom. The van der Waals surface area contributed by atoms with Gasteiger partial charge in [0.05, 0.1) is 22.4 Å². The molecule has 0 radical (unpaired) electrons. The Bertz CT molecular complexity index is 633.